The van der Waals surface area contributed by atoms with Gasteiger partial charge in [-0.1, -0.05) is 43.2 Å². The summed E-state index contributed by atoms with van der Waals surface area (Å²) in [5.74, 6) is 2.74. The molecule has 0 amide bonds. The standard InChI is InChI=1S/C30H30N6O4/c37-30-24(15-21-16-26-27(17-25(21)31-30)40-14-13-39-26)28(29-32-33-34-36(29)22-9-4-5-10-22)35(19-23-11-6-12-38-23)18-20-7-2-1-3-8-20/h1-3,6-8,11-12,15-17,22,28H,4-5,9-10,13-14,18-19H2,(H,31,37). The topological polar surface area (TPSA) is 111 Å². The summed E-state index contributed by atoms with van der Waals surface area (Å²) in [6.07, 6.45) is 5.97. The zero-order valence-electron chi connectivity index (χ0n) is 22.0. The van der Waals surface area contributed by atoms with E-state index < -0.39 is 6.04 Å². The van der Waals surface area contributed by atoms with Gasteiger partial charge in [0.05, 0.1) is 24.4 Å². The molecule has 1 unspecified atom stereocenters. The molecule has 0 bridgehead atoms. The summed E-state index contributed by atoms with van der Waals surface area (Å²) in [5, 5.41) is 14.0. The lowest BCUT2D eigenvalue weighted by Crippen LogP contribution is -2.35. The van der Waals surface area contributed by atoms with Crippen LogP contribution in [0.25, 0.3) is 10.9 Å². The molecule has 10 heteroatoms. The number of hydrogen-bond donors (Lipinski definition) is 1. The fourth-order valence-electron chi connectivity index (χ4n) is 5.91. The molecule has 5 aromatic rings. The first-order valence-corrected chi connectivity index (χ1v) is 13.8. The fourth-order valence-corrected chi connectivity index (χ4v) is 5.91. The van der Waals surface area contributed by atoms with Crippen molar-refractivity contribution in [2.24, 2.45) is 0 Å². The van der Waals surface area contributed by atoms with Gasteiger partial charge in [0.15, 0.2) is 17.3 Å². The van der Waals surface area contributed by atoms with Crippen LogP contribution < -0.4 is 15.0 Å². The molecule has 1 atom stereocenters. The molecule has 2 aromatic carbocycles. The summed E-state index contributed by atoms with van der Waals surface area (Å²) in [6, 6.07) is 19.4. The Morgan fingerprint density at radius 3 is 2.55 bits per heavy atom. The van der Waals surface area contributed by atoms with Crippen molar-refractivity contribution >= 4 is 10.9 Å². The Kier molecular flexibility index (Phi) is 6.52. The van der Waals surface area contributed by atoms with Gasteiger partial charge in [-0.3, -0.25) is 9.69 Å². The molecule has 2 aliphatic rings. The fraction of sp³-hybridized carbons (Fsp3) is 0.333. The lowest BCUT2D eigenvalue weighted by molar-refractivity contribution is 0.172. The van der Waals surface area contributed by atoms with Gasteiger partial charge in [0, 0.05) is 23.6 Å². The molecule has 1 fully saturated rings. The number of ether oxygens (including phenoxy) is 2. The van der Waals surface area contributed by atoms with Crippen molar-refractivity contribution < 1.29 is 13.9 Å². The van der Waals surface area contributed by atoms with Gasteiger partial charge in [0.2, 0.25) is 0 Å². The Bertz CT molecular complexity index is 1660. The van der Waals surface area contributed by atoms with Gasteiger partial charge in [-0.2, -0.15) is 0 Å². The third-order valence-corrected chi connectivity index (χ3v) is 7.80. The van der Waals surface area contributed by atoms with Gasteiger partial charge in [-0.05, 0) is 53.1 Å². The Hall–Kier alpha value is -4.44. The molecule has 0 saturated heterocycles. The lowest BCUT2D eigenvalue weighted by atomic mass is 10.0. The number of pyridine rings is 1. The van der Waals surface area contributed by atoms with Crippen molar-refractivity contribution in [2.45, 2.75) is 50.9 Å². The Balaban J connectivity index is 1.40. The first-order chi connectivity index (χ1) is 19.7. The van der Waals surface area contributed by atoms with Crippen molar-refractivity contribution in [3.05, 3.63) is 100.0 Å². The summed E-state index contributed by atoms with van der Waals surface area (Å²) in [5.41, 5.74) is 2.15. The van der Waals surface area contributed by atoms with Crippen LogP contribution in [0.4, 0.5) is 0 Å². The molecule has 0 radical (unpaired) electrons. The number of hydrogen-bond acceptors (Lipinski definition) is 8. The molecule has 1 N–H and O–H groups in total. The van der Waals surface area contributed by atoms with Crippen LogP contribution in [0.3, 0.4) is 0 Å². The average molecular weight is 539 g/mol. The molecule has 7 rings (SSSR count). The second-order valence-electron chi connectivity index (χ2n) is 10.4. The Morgan fingerprint density at radius 1 is 0.975 bits per heavy atom. The number of aromatic nitrogens is 5. The zero-order valence-corrected chi connectivity index (χ0v) is 22.0. The molecule has 0 spiro atoms. The molecule has 3 aromatic heterocycles. The lowest BCUT2D eigenvalue weighted by Gasteiger charge is -2.31. The van der Waals surface area contributed by atoms with Crippen molar-refractivity contribution in [3.63, 3.8) is 0 Å². The number of benzene rings is 2. The maximum Gasteiger partial charge on any atom is 0.253 e. The van der Waals surface area contributed by atoms with E-state index in [2.05, 4.69) is 37.5 Å². The highest BCUT2D eigenvalue weighted by atomic mass is 16.6. The van der Waals surface area contributed by atoms with Gasteiger partial charge < -0.3 is 18.9 Å². The smallest absolute Gasteiger partial charge is 0.253 e. The van der Waals surface area contributed by atoms with Crippen LogP contribution in [-0.2, 0) is 13.1 Å². The third kappa shape index (κ3) is 4.75. The number of nitrogens with one attached hydrogen (secondary N) is 1. The molecule has 1 aliphatic heterocycles. The van der Waals surface area contributed by atoms with E-state index in [4.69, 9.17) is 13.9 Å². The van der Waals surface area contributed by atoms with Crippen molar-refractivity contribution in [2.75, 3.05) is 13.2 Å². The second-order valence-corrected chi connectivity index (χ2v) is 10.4. The van der Waals surface area contributed by atoms with Crippen LogP contribution >= 0.6 is 0 Å². The van der Waals surface area contributed by atoms with Crippen LogP contribution in [-0.4, -0.2) is 43.3 Å². The minimum atomic E-state index is -0.540. The minimum absolute atomic E-state index is 0.201. The molecule has 40 heavy (non-hydrogen) atoms. The largest absolute Gasteiger partial charge is 0.486 e. The number of aromatic amines is 1. The summed E-state index contributed by atoms with van der Waals surface area (Å²) in [7, 11) is 0. The van der Waals surface area contributed by atoms with Crippen molar-refractivity contribution in [1.29, 1.82) is 0 Å². The van der Waals surface area contributed by atoms with Gasteiger partial charge in [-0.25, -0.2) is 4.68 Å². The monoisotopic (exact) mass is 538 g/mol. The van der Waals surface area contributed by atoms with E-state index in [1.807, 2.05) is 53.2 Å². The summed E-state index contributed by atoms with van der Waals surface area (Å²) in [6.45, 7) is 1.99. The number of nitrogens with zero attached hydrogens (tertiary/aromatic N) is 5. The van der Waals surface area contributed by atoms with E-state index in [0.29, 0.717) is 54.7 Å². The van der Waals surface area contributed by atoms with Crippen molar-refractivity contribution in [3.8, 4) is 11.5 Å². The molecule has 1 aliphatic carbocycles. The first-order valence-electron chi connectivity index (χ1n) is 13.8. The Labute approximate surface area is 230 Å². The third-order valence-electron chi connectivity index (χ3n) is 7.80. The van der Waals surface area contributed by atoms with Crippen molar-refractivity contribution in [1.82, 2.24) is 30.1 Å². The number of tetrazole rings is 1. The van der Waals surface area contributed by atoms with E-state index in [-0.39, 0.29) is 11.6 Å². The highest BCUT2D eigenvalue weighted by molar-refractivity contribution is 5.83. The second kappa shape index (κ2) is 10.6. The predicted molar refractivity (Wildman–Crippen MR) is 147 cm³/mol. The Morgan fingerprint density at radius 2 is 1.77 bits per heavy atom. The molecule has 1 saturated carbocycles. The highest BCUT2D eigenvalue weighted by Gasteiger charge is 2.34. The molecule has 4 heterocycles. The van der Waals surface area contributed by atoms with Crippen LogP contribution in [0.15, 0.2) is 76.1 Å². The van der Waals surface area contributed by atoms with Crippen LogP contribution in [0.1, 0.15) is 60.5 Å². The van der Waals surface area contributed by atoms with Gasteiger partial charge in [0.25, 0.3) is 5.56 Å². The molecular formula is C30H30N6O4. The van der Waals surface area contributed by atoms with E-state index >= 15 is 0 Å². The van der Waals surface area contributed by atoms with Gasteiger partial charge in [0.1, 0.15) is 25.0 Å². The number of furan rings is 1. The van der Waals surface area contributed by atoms with Gasteiger partial charge in [-0.15, -0.1) is 5.10 Å². The number of H-pyrrole nitrogens is 1. The van der Waals surface area contributed by atoms with E-state index in [1.54, 1.807) is 6.26 Å². The number of fused-ring (bicyclic) bond motifs is 2. The van der Waals surface area contributed by atoms with E-state index in [9.17, 15) is 4.79 Å². The summed E-state index contributed by atoms with van der Waals surface area (Å²) >= 11 is 0. The summed E-state index contributed by atoms with van der Waals surface area (Å²) in [4.78, 5) is 19.2. The highest BCUT2D eigenvalue weighted by Crippen LogP contribution is 2.37. The number of rotatable bonds is 8. The maximum absolute atomic E-state index is 13.9. The minimum Gasteiger partial charge on any atom is -0.486 e. The van der Waals surface area contributed by atoms with Crippen LogP contribution in [0.2, 0.25) is 0 Å². The molecule has 204 valence electrons. The molecule has 10 nitrogen and oxygen atoms in total. The zero-order chi connectivity index (χ0) is 26.9. The quantitative estimate of drug-likeness (QED) is 0.300. The average Bonchev–Trinajstić information content (AvgIpc) is 3.76. The normalized spacial score (nSPS) is 16.1. The van der Waals surface area contributed by atoms with E-state index in [1.165, 1.54) is 0 Å². The first kappa shape index (κ1) is 24.6. The molecular weight excluding hydrogens is 508 g/mol. The predicted octanol–water partition coefficient (Wildman–Crippen LogP) is 4.79. The van der Waals surface area contributed by atoms with Gasteiger partial charge >= 0.3 is 0 Å². The van der Waals surface area contributed by atoms with Crippen LogP contribution in [0, 0.1) is 0 Å². The summed E-state index contributed by atoms with van der Waals surface area (Å²) < 4.78 is 19.3. The van der Waals surface area contributed by atoms with Crippen LogP contribution in [0.5, 0.6) is 11.5 Å². The van der Waals surface area contributed by atoms with E-state index in [0.717, 1.165) is 42.4 Å². The maximum atomic E-state index is 13.9. The SMILES string of the molecule is O=c1[nH]c2cc3c(cc2cc1C(c1nnnn1C1CCCC1)N(Cc1ccccc1)Cc1ccco1)OCCO3.